The van der Waals surface area contributed by atoms with E-state index >= 15 is 0 Å². The van der Waals surface area contributed by atoms with E-state index in [4.69, 9.17) is 5.11 Å². The van der Waals surface area contributed by atoms with Gasteiger partial charge in [0.1, 0.15) is 0 Å². The summed E-state index contributed by atoms with van der Waals surface area (Å²) < 4.78 is 0. The van der Waals surface area contributed by atoms with Gasteiger partial charge in [-0.1, -0.05) is 6.92 Å². The maximum Gasteiger partial charge on any atom is 0.306 e. The first-order valence-electron chi connectivity index (χ1n) is 5.35. The van der Waals surface area contributed by atoms with E-state index in [0.29, 0.717) is 13.0 Å². The second kappa shape index (κ2) is 5.70. The molecular formula is C10H18N2O3. The summed E-state index contributed by atoms with van der Waals surface area (Å²) in [6, 6.07) is -0.0786. The minimum absolute atomic E-state index is 0.00918. The lowest BCUT2D eigenvalue weighted by Gasteiger charge is -2.12. The highest BCUT2D eigenvalue weighted by Gasteiger charge is 2.21. The normalized spacial score (nSPS) is 22.3. The van der Waals surface area contributed by atoms with E-state index in [1.807, 2.05) is 0 Å². The summed E-state index contributed by atoms with van der Waals surface area (Å²) >= 11 is 0. The summed E-state index contributed by atoms with van der Waals surface area (Å²) in [7, 11) is 0. The molecule has 1 unspecified atom stereocenters. The van der Waals surface area contributed by atoms with E-state index in [2.05, 4.69) is 10.6 Å². The van der Waals surface area contributed by atoms with Gasteiger partial charge in [0.25, 0.3) is 0 Å². The minimum Gasteiger partial charge on any atom is -0.481 e. The number of aliphatic carboxylic acids is 1. The van der Waals surface area contributed by atoms with Crippen molar-refractivity contribution in [2.45, 2.75) is 32.2 Å². The maximum absolute atomic E-state index is 11.5. The SMILES string of the molecule is CC(CCNC(=O)[C@@H]1CCCN1)C(=O)O. The van der Waals surface area contributed by atoms with Gasteiger partial charge in [-0.25, -0.2) is 0 Å². The number of nitrogens with one attached hydrogen (secondary N) is 2. The molecule has 3 N–H and O–H groups in total. The number of hydrogen-bond donors (Lipinski definition) is 3. The lowest BCUT2D eigenvalue weighted by Crippen LogP contribution is -2.41. The molecular weight excluding hydrogens is 196 g/mol. The van der Waals surface area contributed by atoms with Crippen LogP contribution in [0.4, 0.5) is 0 Å². The zero-order chi connectivity index (χ0) is 11.3. The molecule has 0 aromatic heterocycles. The molecule has 5 heteroatoms. The van der Waals surface area contributed by atoms with Gasteiger partial charge < -0.3 is 15.7 Å². The van der Waals surface area contributed by atoms with Gasteiger partial charge in [0, 0.05) is 6.54 Å². The predicted octanol–water partition coefficient (Wildman–Crippen LogP) is -0.0346. The van der Waals surface area contributed by atoms with E-state index in [0.717, 1.165) is 19.4 Å². The average Bonchev–Trinajstić information content (AvgIpc) is 2.70. The van der Waals surface area contributed by atoms with Gasteiger partial charge in [-0.2, -0.15) is 0 Å². The van der Waals surface area contributed by atoms with E-state index in [1.165, 1.54) is 0 Å². The van der Waals surface area contributed by atoms with Crippen LogP contribution in [-0.4, -0.2) is 36.1 Å². The molecule has 2 atom stereocenters. The Morgan fingerprint density at radius 3 is 2.87 bits per heavy atom. The second-order valence-electron chi connectivity index (χ2n) is 3.97. The van der Waals surface area contributed by atoms with Crippen LogP contribution in [0, 0.1) is 5.92 Å². The molecule has 1 rings (SSSR count). The van der Waals surface area contributed by atoms with Gasteiger partial charge in [-0.3, -0.25) is 9.59 Å². The van der Waals surface area contributed by atoms with Crippen molar-refractivity contribution < 1.29 is 14.7 Å². The van der Waals surface area contributed by atoms with Gasteiger partial charge >= 0.3 is 5.97 Å². The zero-order valence-electron chi connectivity index (χ0n) is 8.95. The standard InChI is InChI=1S/C10H18N2O3/c1-7(10(14)15)4-6-12-9(13)8-3-2-5-11-8/h7-8,11H,2-6H2,1H3,(H,12,13)(H,14,15)/t7?,8-/m0/s1. The fraction of sp³-hybridized carbons (Fsp3) is 0.800. The highest BCUT2D eigenvalue weighted by Crippen LogP contribution is 2.05. The molecule has 86 valence electrons. The maximum atomic E-state index is 11.5. The minimum atomic E-state index is -0.816. The lowest BCUT2D eigenvalue weighted by molar-refractivity contribution is -0.141. The molecule has 1 aliphatic rings. The summed E-state index contributed by atoms with van der Waals surface area (Å²) in [5.74, 6) is -1.23. The Morgan fingerprint density at radius 1 is 1.60 bits per heavy atom. The predicted molar refractivity (Wildman–Crippen MR) is 55.5 cm³/mol. The number of carbonyl (C=O) groups excluding carboxylic acids is 1. The molecule has 1 amide bonds. The van der Waals surface area contributed by atoms with Crippen LogP contribution in [-0.2, 0) is 9.59 Å². The first kappa shape index (κ1) is 12.0. The fourth-order valence-corrected chi connectivity index (χ4v) is 1.57. The van der Waals surface area contributed by atoms with Crippen molar-refractivity contribution >= 4 is 11.9 Å². The quantitative estimate of drug-likeness (QED) is 0.600. The summed E-state index contributed by atoms with van der Waals surface area (Å²) in [5, 5.41) is 14.5. The monoisotopic (exact) mass is 214 g/mol. The van der Waals surface area contributed by atoms with Crippen LogP contribution in [0.3, 0.4) is 0 Å². The van der Waals surface area contributed by atoms with Crippen LogP contribution in [0.15, 0.2) is 0 Å². The second-order valence-corrected chi connectivity index (χ2v) is 3.97. The van der Waals surface area contributed by atoms with E-state index < -0.39 is 11.9 Å². The van der Waals surface area contributed by atoms with Crippen LogP contribution in [0.5, 0.6) is 0 Å². The zero-order valence-corrected chi connectivity index (χ0v) is 8.95. The van der Waals surface area contributed by atoms with Gasteiger partial charge in [-0.15, -0.1) is 0 Å². The molecule has 0 bridgehead atoms. The highest BCUT2D eigenvalue weighted by molar-refractivity contribution is 5.82. The molecule has 15 heavy (non-hydrogen) atoms. The molecule has 0 aromatic carbocycles. The Morgan fingerprint density at radius 2 is 2.33 bits per heavy atom. The van der Waals surface area contributed by atoms with Crippen LogP contribution in [0.25, 0.3) is 0 Å². The Kier molecular flexibility index (Phi) is 4.55. The van der Waals surface area contributed by atoms with Crippen molar-refractivity contribution in [2.24, 2.45) is 5.92 Å². The Hall–Kier alpha value is -1.10. The number of amides is 1. The largest absolute Gasteiger partial charge is 0.481 e. The smallest absolute Gasteiger partial charge is 0.306 e. The molecule has 0 aliphatic carbocycles. The Balaban J connectivity index is 2.14. The third-order valence-corrected chi connectivity index (χ3v) is 2.67. The van der Waals surface area contributed by atoms with Gasteiger partial charge in [0.05, 0.1) is 12.0 Å². The number of carboxylic acids is 1. The summed E-state index contributed by atoms with van der Waals surface area (Å²) in [6.45, 7) is 2.97. The summed E-state index contributed by atoms with van der Waals surface area (Å²) in [4.78, 5) is 22.0. The first-order valence-corrected chi connectivity index (χ1v) is 5.35. The van der Waals surface area contributed by atoms with Crippen LogP contribution in [0.2, 0.25) is 0 Å². The molecule has 5 nitrogen and oxygen atoms in total. The topological polar surface area (TPSA) is 78.4 Å². The molecule has 0 radical (unpaired) electrons. The summed E-state index contributed by atoms with van der Waals surface area (Å²) in [6.07, 6.45) is 2.39. The Bertz CT molecular complexity index is 237. The van der Waals surface area contributed by atoms with Crippen LogP contribution in [0.1, 0.15) is 26.2 Å². The van der Waals surface area contributed by atoms with Crippen molar-refractivity contribution in [1.82, 2.24) is 10.6 Å². The molecule has 0 saturated carbocycles. The van der Waals surface area contributed by atoms with E-state index in [-0.39, 0.29) is 11.9 Å². The first-order chi connectivity index (χ1) is 7.11. The Labute approximate surface area is 89.2 Å². The van der Waals surface area contributed by atoms with Gasteiger partial charge in [-0.05, 0) is 25.8 Å². The van der Waals surface area contributed by atoms with E-state index in [9.17, 15) is 9.59 Å². The number of carboxylic acid groups (broad SMARTS) is 1. The van der Waals surface area contributed by atoms with Crippen molar-refractivity contribution in [3.8, 4) is 0 Å². The van der Waals surface area contributed by atoms with Gasteiger partial charge in [0.15, 0.2) is 0 Å². The van der Waals surface area contributed by atoms with Crippen molar-refractivity contribution in [2.75, 3.05) is 13.1 Å². The third kappa shape index (κ3) is 3.87. The summed E-state index contributed by atoms with van der Waals surface area (Å²) in [5.41, 5.74) is 0. The van der Waals surface area contributed by atoms with Crippen molar-refractivity contribution in [1.29, 1.82) is 0 Å². The average molecular weight is 214 g/mol. The molecule has 1 aliphatic heterocycles. The highest BCUT2D eigenvalue weighted by atomic mass is 16.4. The van der Waals surface area contributed by atoms with Crippen molar-refractivity contribution in [3.63, 3.8) is 0 Å². The molecule has 1 heterocycles. The third-order valence-electron chi connectivity index (χ3n) is 2.67. The molecule has 1 saturated heterocycles. The van der Waals surface area contributed by atoms with Crippen molar-refractivity contribution in [3.05, 3.63) is 0 Å². The fourth-order valence-electron chi connectivity index (χ4n) is 1.57. The van der Waals surface area contributed by atoms with Crippen LogP contribution >= 0.6 is 0 Å². The molecule has 0 aromatic rings. The number of carbonyl (C=O) groups is 2. The lowest BCUT2D eigenvalue weighted by atomic mass is 10.1. The number of hydrogen-bond acceptors (Lipinski definition) is 3. The van der Waals surface area contributed by atoms with E-state index in [1.54, 1.807) is 6.92 Å². The molecule has 0 spiro atoms. The number of rotatable bonds is 5. The van der Waals surface area contributed by atoms with Gasteiger partial charge in [0.2, 0.25) is 5.91 Å². The van der Waals surface area contributed by atoms with Crippen LogP contribution < -0.4 is 10.6 Å². The molecule has 1 fully saturated rings.